The first kappa shape index (κ1) is 16.2. The smallest absolute Gasteiger partial charge is 0.258 e. The van der Waals surface area contributed by atoms with Crippen molar-refractivity contribution in [1.82, 2.24) is 30.0 Å². The zero-order valence-electron chi connectivity index (χ0n) is 14.9. The van der Waals surface area contributed by atoms with Crippen molar-refractivity contribution in [3.05, 3.63) is 24.0 Å². The van der Waals surface area contributed by atoms with E-state index in [-0.39, 0.29) is 0 Å². The molecule has 4 rings (SSSR count). The summed E-state index contributed by atoms with van der Waals surface area (Å²) in [6.07, 6.45) is 4.57. The van der Waals surface area contributed by atoms with E-state index < -0.39 is 0 Å². The Bertz CT molecular complexity index is 846. The van der Waals surface area contributed by atoms with Gasteiger partial charge >= 0.3 is 0 Å². The Kier molecular flexibility index (Phi) is 4.48. The summed E-state index contributed by atoms with van der Waals surface area (Å²) in [7, 11) is 1.88. The van der Waals surface area contributed by atoms with Crippen molar-refractivity contribution in [2.24, 2.45) is 13.0 Å². The number of rotatable bonds is 5. The number of nitrogens with zero attached hydrogens (tertiary/aromatic N) is 6. The zero-order chi connectivity index (χ0) is 17.2. The van der Waals surface area contributed by atoms with Crippen LogP contribution in [0.5, 0.6) is 0 Å². The third kappa shape index (κ3) is 3.42. The molecule has 1 aromatic carbocycles. The maximum atomic E-state index is 5.48. The average Bonchev–Trinajstić information content (AvgIpc) is 3.24. The molecule has 0 saturated carbocycles. The van der Waals surface area contributed by atoms with Gasteiger partial charge < -0.3 is 9.42 Å². The van der Waals surface area contributed by atoms with Crippen molar-refractivity contribution in [2.75, 3.05) is 19.6 Å². The van der Waals surface area contributed by atoms with Crippen LogP contribution < -0.4 is 0 Å². The van der Waals surface area contributed by atoms with Gasteiger partial charge in [-0.15, -0.1) is 5.10 Å². The monoisotopic (exact) mass is 340 g/mol. The fraction of sp³-hybridized carbons (Fsp3) is 0.556. The van der Waals surface area contributed by atoms with E-state index in [0.29, 0.717) is 11.8 Å². The molecule has 1 aliphatic rings. The van der Waals surface area contributed by atoms with Gasteiger partial charge in [0.25, 0.3) is 5.89 Å². The van der Waals surface area contributed by atoms with Crippen LogP contribution in [0.15, 0.2) is 22.7 Å². The molecule has 0 amide bonds. The van der Waals surface area contributed by atoms with Crippen molar-refractivity contribution in [3.8, 4) is 11.5 Å². The summed E-state index contributed by atoms with van der Waals surface area (Å²) in [6, 6.07) is 5.91. The van der Waals surface area contributed by atoms with Crippen LogP contribution in [0.4, 0.5) is 0 Å². The fourth-order valence-electron chi connectivity index (χ4n) is 3.62. The zero-order valence-corrected chi connectivity index (χ0v) is 14.9. The summed E-state index contributed by atoms with van der Waals surface area (Å²) in [5.41, 5.74) is 2.72. The maximum absolute atomic E-state index is 5.48. The van der Waals surface area contributed by atoms with Gasteiger partial charge in [-0.3, -0.25) is 0 Å². The Balaban J connectivity index is 1.43. The molecule has 0 unspecified atom stereocenters. The van der Waals surface area contributed by atoms with Gasteiger partial charge in [-0.05, 0) is 63.0 Å². The van der Waals surface area contributed by atoms with E-state index in [1.807, 2.05) is 25.2 Å². The van der Waals surface area contributed by atoms with E-state index in [0.717, 1.165) is 28.8 Å². The predicted octanol–water partition coefficient (Wildman–Crippen LogP) is 2.68. The summed E-state index contributed by atoms with van der Waals surface area (Å²) >= 11 is 0. The molecule has 0 spiro atoms. The molecule has 1 fully saturated rings. The van der Waals surface area contributed by atoms with Gasteiger partial charge in [-0.25, -0.2) is 4.68 Å². The van der Waals surface area contributed by atoms with Gasteiger partial charge in [0.1, 0.15) is 5.52 Å². The molecular weight excluding hydrogens is 316 g/mol. The highest BCUT2D eigenvalue weighted by molar-refractivity contribution is 5.79. The molecule has 0 aliphatic carbocycles. The highest BCUT2D eigenvalue weighted by Crippen LogP contribution is 2.24. The Morgan fingerprint density at radius 3 is 2.88 bits per heavy atom. The van der Waals surface area contributed by atoms with Crippen molar-refractivity contribution in [2.45, 2.75) is 32.6 Å². The molecular formula is C18H24N6O. The standard InChI is InChI=1S/C18H24N6O/c1-3-8-24-9-6-13(7-10-24)11-17-19-18(25-21-17)14-4-5-16-15(12-14)20-22-23(16)2/h4-5,12-13H,3,6-11H2,1-2H3. The lowest BCUT2D eigenvalue weighted by Crippen LogP contribution is -2.34. The molecule has 7 heteroatoms. The molecule has 1 aliphatic heterocycles. The van der Waals surface area contributed by atoms with Gasteiger partial charge in [-0.2, -0.15) is 4.98 Å². The Morgan fingerprint density at radius 2 is 2.08 bits per heavy atom. The molecule has 132 valence electrons. The van der Waals surface area contributed by atoms with E-state index in [1.54, 1.807) is 4.68 Å². The minimum absolute atomic E-state index is 0.561. The number of hydrogen-bond acceptors (Lipinski definition) is 6. The number of aryl methyl sites for hydroxylation is 1. The Labute approximate surface area is 147 Å². The van der Waals surface area contributed by atoms with Crippen LogP contribution in [0.1, 0.15) is 32.0 Å². The van der Waals surface area contributed by atoms with Crippen molar-refractivity contribution >= 4 is 11.0 Å². The van der Waals surface area contributed by atoms with Gasteiger partial charge in [0.2, 0.25) is 0 Å². The Hall–Kier alpha value is -2.28. The lowest BCUT2D eigenvalue weighted by molar-refractivity contribution is 0.182. The van der Waals surface area contributed by atoms with Crippen LogP contribution in [-0.4, -0.2) is 49.7 Å². The Morgan fingerprint density at radius 1 is 1.24 bits per heavy atom. The molecule has 25 heavy (non-hydrogen) atoms. The van der Waals surface area contributed by atoms with Crippen LogP contribution in [0.25, 0.3) is 22.5 Å². The number of hydrogen-bond donors (Lipinski definition) is 0. The highest BCUT2D eigenvalue weighted by Gasteiger charge is 2.21. The second-order valence-corrected chi connectivity index (χ2v) is 6.92. The van der Waals surface area contributed by atoms with Crippen LogP contribution in [0.3, 0.4) is 0 Å². The molecule has 7 nitrogen and oxygen atoms in total. The van der Waals surface area contributed by atoms with Gasteiger partial charge in [0.15, 0.2) is 5.82 Å². The largest absolute Gasteiger partial charge is 0.334 e. The summed E-state index contributed by atoms with van der Waals surface area (Å²) in [5.74, 6) is 2.02. The minimum atomic E-state index is 0.561. The van der Waals surface area contributed by atoms with E-state index >= 15 is 0 Å². The number of fused-ring (bicyclic) bond motifs is 1. The van der Waals surface area contributed by atoms with Crippen molar-refractivity contribution < 1.29 is 4.52 Å². The molecule has 0 atom stereocenters. The summed E-state index contributed by atoms with van der Waals surface area (Å²) in [6.45, 7) is 5.83. The summed E-state index contributed by atoms with van der Waals surface area (Å²) in [4.78, 5) is 7.15. The average molecular weight is 340 g/mol. The third-order valence-corrected chi connectivity index (χ3v) is 5.04. The lowest BCUT2D eigenvalue weighted by Gasteiger charge is -2.31. The minimum Gasteiger partial charge on any atom is -0.334 e. The van der Waals surface area contributed by atoms with Gasteiger partial charge in [0, 0.05) is 19.0 Å². The van der Waals surface area contributed by atoms with Crippen LogP contribution >= 0.6 is 0 Å². The number of benzene rings is 1. The predicted molar refractivity (Wildman–Crippen MR) is 95.0 cm³/mol. The SMILES string of the molecule is CCCN1CCC(Cc2noc(-c3ccc4c(c3)nnn4C)n2)CC1. The lowest BCUT2D eigenvalue weighted by atomic mass is 9.93. The van der Waals surface area contributed by atoms with E-state index in [9.17, 15) is 0 Å². The fourth-order valence-corrected chi connectivity index (χ4v) is 3.62. The van der Waals surface area contributed by atoms with E-state index in [1.165, 1.54) is 38.9 Å². The molecule has 0 bridgehead atoms. The van der Waals surface area contributed by atoms with Crippen LogP contribution in [0.2, 0.25) is 0 Å². The first-order chi connectivity index (χ1) is 12.2. The first-order valence-electron chi connectivity index (χ1n) is 9.07. The van der Waals surface area contributed by atoms with Crippen LogP contribution in [0, 0.1) is 5.92 Å². The third-order valence-electron chi connectivity index (χ3n) is 5.04. The molecule has 3 aromatic rings. The van der Waals surface area contributed by atoms with Gasteiger partial charge in [0.05, 0.1) is 5.52 Å². The second-order valence-electron chi connectivity index (χ2n) is 6.92. The van der Waals surface area contributed by atoms with Gasteiger partial charge in [-0.1, -0.05) is 17.3 Å². The molecule has 1 saturated heterocycles. The topological polar surface area (TPSA) is 72.9 Å². The molecule has 2 aromatic heterocycles. The number of likely N-dealkylation sites (tertiary alicyclic amines) is 1. The van der Waals surface area contributed by atoms with Crippen LogP contribution in [-0.2, 0) is 13.5 Å². The number of aromatic nitrogens is 5. The van der Waals surface area contributed by atoms with Crippen molar-refractivity contribution in [3.63, 3.8) is 0 Å². The number of piperidine rings is 1. The summed E-state index contributed by atoms with van der Waals surface area (Å²) < 4.78 is 7.23. The molecule has 0 N–H and O–H groups in total. The quantitative estimate of drug-likeness (QED) is 0.711. The normalized spacial score (nSPS) is 16.7. The van der Waals surface area contributed by atoms with Crippen molar-refractivity contribution in [1.29, 1.82) is 0 Å². The van der Waals surface area contributed by atoms with E-state index in [2.05, 4.69) is 32.3 Å². The first-order valence-corrected chi connectivity index (χ1v) is 9.07. The van der Waals surface area contributed by atoms with E-state index in [4.69, 9.17) is 4.52 Å². The summed E-state index contributed by atoms with van der Waals surface area (Å²) in [5, 5.41) is 12.4. The second kappa shape index (κ2) is 6.92. The molecule has 3 heterocycles. The maximum Gasteiger partial charge on any atom is 0.258 e. The highest BCUT2D eigenvalue weighted by atomic mass is 16.5. The molecule has 0 radical (unpaired) electrons.